The van der Waals surface area contributed by atoms with Crippen molar-refractivity contribution < 1.29 is 27.9 Å². The zero-order valence-electron chi connectivity index (χ0n) is 26.7. The van der Waals surface area contributed by atoms with E-state index in [9.17, 15) is 32.7 Å². The molecule has 46 heavy (non-hydrogen) atoms. The summed E-state index contributed by atoms with van der Waals surface area (Å²) in [5.74, 6) is -2.04. The smallest absolute Gasteiger partial charge is 0.416 e. The molecule has 4 rings (SSSR count). The molecule has 1 aromatic carbocycles. The molecule has 0 spiro atoms. The van der Waals surface area contributed by atoms with Gasteiger partial charge in [-0.2, -0.15) is 18.3 Å². The van der Waals surface area contributed by atoms with E-state index in [0.29, 0.717) is 23.1 Å². The van der Waals surface area contributed by atoms with Crippen LogP contribution in [0.5, 0.6) is 0 Å². The van der Waals surface area contributed by atoms with Crippen LogP contribution in [0.25, 0.3) is 16.9 Å². The lowest BCUT2D eigenvalue weighted by Gasteiger charge is -2.26. The highest BCUT2D eigenvalue weighted by molar-refractivity contribution is 5.82. The number of halogens is 3. The van der Waals surface area contributed by atoms with Crippen LogP contribution in [0.1, 0.15) is 66.7 Å². The van der Waals surface area contributed by atoms with Gasteiger partial charge in [0, 0.05) is 30.4 Å². The largest absolute Gasteiger partial charge is 0.481 e. The molecule has 4 aromatic rings. The van der Waals surface area contributed by atoms with E-state index in [2.05, 4.69) is 10.4 Å². The molecule has 246 valence electrons. The standard InChI is InChI=1S/C33H39F3N6O4/c1-19(2)14-27(41-18-22(11-13-40(5)6)23(15-29(41)43)33(34,35)36)32(46)39-24(17-30(44)45)26-16-25(38-28-10-12-37-42(26)28)31-20(3)8-7-9-21(31)4/h7-10,12,15-16,18-19,24,27H,11,13-14,17H2,1-6H3,(H,39,46)(H,44,45)/t24-,27+/m1/s1. The Morgan fingerprint density at radius 2 is 1.76 bits per heavy atom. The van der Waals surface area contributed by atoms with E-state index in [1.807, 2.05) is 45.9 Å². The van der Waals surface area contributed by atoms with Gasteiger partial charge in [-0.3, -0.25) is 14.4 Å². The number of carboxylic acids is 1. The summed E-state index contributed by atoms with van der Waals surface area (Å²) in [6, 6.07) is 7.35. The zero-order valence-corrected chi connectivity index (χ0v) is 26.7. The van der Waals surface area contributed by atoms with Gasteiger partial charge < -0.3 is 19.9 Å². The summed E-state index contributed by atoms with van der Waals surface area (Å²) in [7, 11) is 3.45. The monoisotopic (exact) mass is 640 g/mol. The van der Waals surface area contributed by atoms with Crippen LogP contribution < -0.4 is 10.9 Å². The number of nitrogens with one attached hydrogen (secondary N) is 1. The van der Waals surface area contributed by atoms with Gasteiger partial charge in [-0.15, -0.1) is 0 Å². The van der Waals surface area contributed by atoms with E-state index in [4.69, 9.17) is 4.98 Å². The first kappa shape index (κ1) is 34.4. The first-order valence-corrected chi connectivity index (χ1v) is 15.0. The van der Waals surface area contributed by atoms with Crippen LogP contribution >= 0.6 is 0 Å². The lowest BCUT2D eigenvalue weighted by atomic mass is 9.97. The summed E-state index contributed by atoms with van der Waals surface area (Å²) >= 11 is 0. The van der Waals surface area contributed by atoms with E-state index in [0.717, 1.165) is 27.5 Å². The second-order valence-electron chi connectivity index (χ2n) is 12.2. The molecule has 0 bridgehead atoms. The van der Waals surface area contributed by atoms with Crippen molar-refractivity contribution in [3.63, 3.8) is 0 Å². The quantitative estimate of drug-likeness (QED) is 0.218. The molecule has 0 aliphatic heterocycles. The van der Waals surface area contributed by atoms with Crippen LogP contribution in [-0.4, -0.2) is 61.7 Å². The number of hydrogen-bond donors (Lipinski definition) is 2. The van der Waals surface area contributed by atoms with Gasteiger partial charge >= 0.3 is 12.1 Å². The average Bonchev–Trinajstić information content (AvgIpc) is 3.42. The van der Waals surface area contributed by atoms with Gasteiger partial charge in [0.2, 0.25) is 5.91 Å². The van der Waals surface area contributed by atoms with Gasteiger partial charge in [0.25, 0.3) is 5.56 Å². The fraction of sp³-hybridized carbons (Fsp3) is 0.424. The summed E-state index contributed by atoms with van der Waals surface area (Å²) in [6.07, 6.45) is -2.54. The number of fused-ring (bicyclic) bond motifs is 1. The summed E-state index contributed by atoms with van der Waals surface area (Å²) in [6.45, 7) is 7.81. The third-order valence-corrected chi connectivity index (χ3v) is 7.81. The number of aliphatic carboxylic acids is 1. The number of rotatable bonds is 12. The van der Waals surface area contributed by atoms with Crippen molar-refractivity contribution in [3.05, 3.63) is 87.1 Å². The van der Waals surface area contributed by atoms with Gasteiger partial charge in [-0.1, -0.05) is 32.0 Å². The predicted octanol–water partition coefficient (Wildman–Crippen LogP) is 5.22. The SMILES string of the molecule is Cc1cccc(C)c1-c1cc([C@@H](CC(=O)O)NC(=O)[C@H](CC(C)C)n2cc(CCN(C)C)c(C(F)(F)F)cc2=O)n2nccc2n1. The molecule has 0 radical (unpaired) electrons. The third kappa shape index (κ3) is 7.82. The molecule has 0 saturated carbocycles. The van der Waals surface area contributed by atoms with Crippen molar-refractivity contribution in [1.29, 1.82) is 0 Å². The molecule has 3 aromatic heterocycles. The summed E-state index contributed by atoms with van der Waals surface area (Å²) < 4.78 is 44.3. The van der Waals surface area contributed by atoms with Crippen molar-refractivity contribution >= 4 is 17.5 Å². The summed E-state index contributed by atoms with van der Waals surface area (Å²) in [5, 5.41) is 17.0. The van der Waals surface area contributed by atoms with Crippen molar-refractivity contribution in [2.24, 2.45) is 5.92 Å². The second-order valence-corrected chi connectivity index (χ2v) is 12.2. The lowest BCUT2D eigenvalue weighted by molar-refractivity contribution is -0.139. The van der Waals surface area contributed by atoms with Gasteiger partial charge in [0.05, 0.1) is 35.6 Å². The fourth-order valence-corrected chi connectivity index (χ4v) is 5.64. The Labute approximate surface area is 264 Å². The molecule has 0 fully saturated rings. The molecule has 10 nitrogen and oxygen atoms in total. The normalized spacial score (nSPS) is 13.4. The van der Waals surface area contributed by atoms with Gasteiger partial charge in [-0.25, -0.2) is 9.50 Å². The molecule has 2 N–H and O–H groups in total. The Morgan fingerprint density at radius 1 is 1.09 bits per heavy atom. The number of carboxylic acid groups (broad SMARTS) is 1. The average molecular weight is 641 g/mol. The van der Waals surface area contributed by atoms with Gasteiger partial charge in [0.1, 0.15) is 6.04 Å². The van der Waals surface area contributed by atoms with E-state index < -0.39 is 47.7 Å². The minimum Gasteiger partial charge on any atom is -0.481 e. The number of nitrogens with zero attached hydrogens (tertiary/aromatic N) is 5. The van der Waals surface area contributed by atoms with E-state index in [1.165, 1.54) is 10.7 Å². The van der Waals surface area contributed by atoms with Crippen LogP contribution in [0.3, 0.4) is 0 Å². The number of pyridine rings is 1. The Hall–Kier alpha value is -4.52. The van der Waals surface area contributed by atoms with E-state index in [1.54, 1.807) is 31.1 Å². The molecule has 0 aliphatic carbocycles. The van der Waals surface area contributed by atoms with Crippen LogP contribution in [0.2, 0.25) is 0 Å². The number of carbonyl (C=O) groups excluding carboxylic acids is 1. The van der Waals surface area contributed by atoms with Crippen molar-refractivity contribution in [2.45, 2.75) is 65.2 Å². The second kappa shape index (κ2) is 13.9. The van der Waals surface area contributed by atoms with Gasteiger partial charge in [0.15, 0.2) is 5.65 Å². The number of benzene rings is 1. The minimum absolute atomic E-state index is 0.00479. The van der Waals surface area contributed by atoms with Crippen LogP contribution in [0.15, 0.2) is 53.6 Å². The van der Waals surface area contributed by atoms with E-state index >= 15 is 0 Å². The number of aromatic nitrogens is 4. The van der Waals surface area contributed by atoms with Crippen molar-refractivity contribution in [3.8, 4) is 11.3 Å². The highest BCUT2D eigenvalue weighted by atomic mass is 19.4. The van der Waals surface area contributed by atoms with Crippen LogP contribution in [0, 0.1) is 19.8 Å². The number of aryl methyl sites for hydroxylation is 2. The maximum Gasteiger partial charge on any atom is 0.416 e. The maximum atomic E-state index is 14.1. The molecular formula is C33H39F3N6O4. The first-order chi connectivity index (χ1) is 21.6. The molecule has 0 unspecified atom stereocenters. The Balaban J connectivity index is 1.82. The summed E-state index contributed by atoms with van der Waals surface area (Å²) in [5.41, 5.74) is 1.96. The number of alkyl halides is 3. The topological polar surface area (TPSA) is 122 Å². The minimum atomic E-state index is -4.76. The Bertz CT molecular complexity index is 1770. The molecule has 13 heteroatoms. The lowest BCUT2D eigenvalue weighted by Crippen LogP contribution is -2.41. The van der Waals surface area contributed by atoms with Crippen molar-refractivity contribution in [2.75, 3.05) is 20.6 Å². The van der Waals surface area contributed by atoms with Crippen LogP contribution in [-0.2, 0) is 22.2 Å². The van der Waals surface area contributed by atoms with Crippen LogP contribution in [0.4, 0.5) is 13.2 Å². The molecule has 1 amide bonds. The molecule has 0 aliphatic rings. The number of carbonyl (C=O) groups is 2. The highest BCUT2D eigenvalue weighted by Gasteiger charge is 2.36. The summed E-state index contributed by atoms with van der Waals surface area (Å²) in [4.78, 5) is 45.8. The Morgan fingerprint density at radius 3 is 2.35 bits per heavy atom. The first-order valence-electron chi connectivity index (χ1n) is 15.0. The maximum absolute atomic E-state index is 14.1. The molecular weight excluding hydrogens is 601 g/mol. The number of likely N-dealkylation sites (N-methyl/N-ethyl adjacent to an activating group) is 1. The zero-order chi connectivity index (χ0) is 33.9. The molecule has 0 saturated heterocycles. The van der Waals surface area contributed by atoms with Crippen molar-refractivity contribution in [1.82, 2.24) is 29.4 Å². The fourth-order valence-electron chi connectivity index (χ4n) is 5.64. The predicted molar refractivity (Wildman–Crippen MR) is 167 cm³/mol. The Kier molecular flexibility index (Phi) is 10.3. The number of hydrogen-bond acceptors (Lipinski definition) is 6. The molecule has 2 atom stereocenters. The van der Waals surface area contributed by atoms with Gasteiger partial charge in [-0.05, 0) is 69.5 Å². The third-order valence-electron chi connectivity index (χ3n) is 7.81. The molecule has 3 heterocycles. The van der Waals surface area contributed by atoms with E-state index in [-0.39, 0.29) is 30.9 Å². The highest BCUT2D eigenvalue weighted by Crippen LogP contribution is 2.33. The number of amides is 1.